The quantitative estimate of drug-likeness (QED) is 0.812. The summed E-state index contributed by atoms with van der Waals surface area (Å²) in [5.74, 6) is 3.05. The first-order valence-corrected chi connectivity index (χ1v) is 10.2. The predicted octanol–water partition coefficient (Wildman–Crippen LogP) is 3.57. The van der Waals surface area contributed by atoms with Crippen molar-refractivity contribution in [3.63, 3.8) is 0 Å². The van der Waals surface area contributed by atoms with Gasteiger partial charge in [0, 0.05) is 19.4 Å². The van der Waals surface area contributed by atoms with Crippen molar-refractivity contribution in [1.29, 1.82) is 0 Å². The van der Waals surface area contributed by atoms with Crippen molar-refractivity contribution in [2.75, 3.05) is 6.61 Å². The molecule has 0 radical (unpaired) electrons. The van der Waals surface area contributed by atoms with E-state index < -0.39 is 0 Å². The van der Waals surface area contributed by atoms with Gasteiger partial charge in [-0.15, -0.1) is 0 Å². The number of carbonyl (C=O) groups excluding carboxylic acids is 1. The van der Waals surface area contributed by atoms with Crippen molar-refractivity contribution in [1.82, 2.24) is 0 Å². The molecule has 0 aromatic heterocycles. The van der Waals surface area contributed by atoms with Crippen LogP contribution >= 0.6 is 0 Å². The maximum atomic E-state index is 12.0. The van der Waals surface area contributed by atoms with Crippen molar-refractivity contribution in [2.24, 2.45) is 40.4 Å². The van der Waals surface area contributed by atoms with Gasteiger partial charge in [0.25, 0.3) is 0 Å². The van der Waals surface area contributed by atoms with Crippen molar-refractivity contribution >= 4 is 5.78 Å². The van der Waals surface area contributed by atoms with E-state index in [1.165, 1.54) is 25.7 Å². The van der Waals surface area contributed by atoms with E-state index in [0.717, 1.165) is 25.7 Å². The summed E-state index contributed by atoms with van der Waals surface area (Å²) in [7, 11) is 0. The lowest BCUT2D eigenvalue weighted by Crippen LogP contribution is -2.58. The minimum Gasteiger partial charge on any atom is -0.396 e. The van der Waals surface area contributed by atoms with Gasteiger partial charge in [-0.05, 0) is 85.4 Å². The van der Waals surface area contributed by atoms with Crippen molar-refractivity contribution < 1.29 is 15.0 Å². The summed E-state index contributed by atoms with van der Waals surface area (Å²) in [6.45, 7) is 5.16. The molecule has 4 aliphatic rings. The Hall–Kier alpha value is -0.410. The van der Waals surface area contributed by atoms with Crippen LogP contribution in [0.5, 0.6) is 0 Å². The summed E-state index contributed by atoms with van der Waals surface area (Å²) in [5, 5.41) is 20.5. The highest BCUT2D eigenvalue weighted by Gasteiger charge is 2.62. The highest BCUT2D eigenvalue weighted by atomic mass is 16.3. The third-order valence-electron chi connectivity index (χ3n) is 9.17. The molecule has 0 aliphatic heterocycles. The number of carbonyl (C=O) groups is 1. The molecule has 3 heteroatoms. The van der Waals surface area contributed by atoms with Gasteiger partial charge in [0.05, 0.1) is 6.10 Å². The first-order valence-electron chi connectivity index (χ1n) is 10.2. The number of fused-ring (bicyclic) bond motifs is 5. The molecule has 0 spiro atoms. The summed E-state index contributed by atoms with van der Waals surface area (Å²) in [6.07, 6.45) is 8.91. The average Bonchev–Trinajstić information content (AvgIpc) is 2.87. The molecular formula is C21H34O3. The maximum Gasteiger partial charge on any atom is 0.133 e. The molecule has 4 fully saturated rings. The summed E-state index contributed by atoms with van der Waals surface area (Å²) in [6, 6.07) is 0. The minimum absolute atomic E-state index is 0.225. The van der Waals surface area contributed by atoms with Crippen molar-refractivity contribution in [2.45, 2.75) is 77.7 Å². The highest BCUT2D eigenvalue weighted by Crippen LogP contribution is 2.67. The van der Waals surface area contributed by atoms with Crippen LogP contribution in [0.1, 0.15) is 71.6 Å². The zero-order valence-corrected chi connectivity index (χ0v) is 15.3. The van der Waals surface area contributed by atoms with Crippen molar-refractivity contribution in [3.05, 3.63) is 0 Å². The Kier molecular flexibility index (Phi) is 4.12. The molecule has 0 amide bonds. The van der Waals surface area contributed by atoms with Gasteiger partial charge < -0.3 is 10.2 Å². The van der Waals surface area contributed by atoms with Crippen molar-refractivity contribution in [3.8, 4) is 0 Å². The first kappa shape index (κ1) is 17.0. The molecule has 3 nitrogen and oxygen atoms in total. The number of hydrogen-bond donors (Lipinski definition) is 2. The second-order valence-corrected chi connectivity index (χ2v) is 9.87. The van der Waals surface area contributed by atoms with Crippen LogP contribution in [0.3, 0.4) is 0 Å². The molecule has 4 aliphatic carbocycles. The second-order valence-electron chi connectivity index (χ2n) is 9.87. The normalized spacial score (nSPS) is 54.1. The van der Waals surface area contributed by atoms with Gasteiger partial charge in [-0.1, -0.05) is 13.8 Å². The van der Waals surface area contributed by atoms with Gasteiger partial charge >= 0.3 is 0 Å². The predicted molar refractivity (Wildman–Crippen MR) is 93.3 cm³/mol. The number of hydrogen-bond acceptors (Lipinski definition) is 3. The molecule has 0 heterocycles. The van der Waals surface area contributed by atoms with Crippen LogP contribution in [0.15, 0.2) is 0 Å². The first-order chi connectivity index (χ1) is 11.4. The molecule has 136 valence electrons. The Morgan fingerprint density at radius 1 is 1.08 bits per heavy atom. The van der Waals surface area contributed by atoms with E-state index in [0.29, 0.717) is 53.8 Å². The molecule has 8 atom stereocenters. The van der Waals surface area contributed by atoms with E-state index >= 15 is 0 Å². The van der Waals surface area contributed by atoms with Gasteiger partial charge in [-0.2, -0.15) is 0 Å². The van der Waals surface area contributed by atoms with Gasteiger partial charge in [0.15, 0.2) is 0 Å². The Labute approximate surface area is 146 Å². The lowest BCUT2D eigenvalue weighted by atomic mass is 9.44. The molecule has 8 unspecified atom stereocenters. The fourth-order valence-corrected chi connectivity index (χ4v) is 7.75. The Morgan fingerprint density at radius 3 is 2.58 bits per heavy atom. The SMILES string of the molecule is CC12CCC3C(C(O)CC4CC(=O)CCC43C)C1CCC2CCO. The fourth-order valence-electron chi connectivity index (χ4n) is 7.75. The van der Waals surface area contributed by atoms with Crippen LogP contribution in [0.25, 0.3) is 0 Å². The van der Waals surface area contributed by atoms with Gasteiger partial charge in [-0.3, -0.25) is 4.79 Å². The van der Waals surface area contributed by atoms with Gasteiger partial charge in [0.1, 0.15) is 5.78 Å². The number of Topliss-reactive ketones (excluding diaryl/α,β-unsaturated/α-hetero) is 1. The number of aliphatic hydroxyl groups is 2. The molecule has 0 bridgehead atoms. The lowest BCUT2D eigenvalue weighted by Gasteiger charge is -2.61. The van der Waals surface area contributed by atoms with Crippen LogP contribution in [-0.2, 0) is 4.79 Å². The number of ketones is 1. The third kappa shape index (κ3) is 2.26. The standard InChI is InChI=1S/C21H34O3/c1-20-9-6-17-19(16(20)4-3-13(20)7-10-22)18(24)12-14-11-15(23)5-8-21(14,17)2/h13-14,16-19,22,24H,3-12H2,1-2H3. The minimum atomic E-state index is -0.225. The van der Waals surface area contributed by atoms with E-state index in [9.17, 15) is 15.0 Å². The zero-order chi connectivity index (χ0) is 17.1. The van der Waals surface area contributed by atoms with Crippen LogP contribution in [0.2, 0.25) is 0 Å². The summed E-state index contributed by atoms with van der Waals surface area (Å²) >= 11 is 0. The average molecular weight is 335 g/mol. The van der Waals surface area contributed by atoms with E-state index in [-0.39, 0.29) is 11.5 Å². The largest absolute Gasteiger partial charge is 0.396 e. The summed E-state index contributed by atoms with van der Waals surface area (Å²) < 4.78 is 0. The highest BCUT2D eigenvalue weighted by molar-refractivity contribution is 5.79. The topological polar surface area (TPSA) is 57.5 Å². The van der Waals surface area contributed by atoms with Gasteiger partial charge in [0.2, 0.25) is 0 Å². The van der Waals surface area contributed by atoms with E-state index in [1.807, 2.05) is 0 Å². The second kappa shape index (κ2) is 5.81. The Bertz CT molecular complexity index is 517. The van der Waals surface area contributed by atoms with Crippen LogP contribution in [0.4, 0.5) is 0 Å². The molecule has 0 aromatic carbocycles. The molecule has 4 rings (SSSR count). The van der Waals surface area contributed by atoms with E-state index in [2.05, 4.69) is 13.8 Å². The molecule has 4 saturated carbocycles. The molecule has 24 heavy (non-hydrogen) atoms. The third-order valence-corrected chi connectivity index (χ3v) is 9.17. The van der Waals surface area contributed by atoms with Crippen LogP contribution < -0.4 is 0 Å². The van der Waals surface area contributed by atoms with Crippen LogP contribution in [0, 0.1) is 40.4 Å². The van der Waals surface area contributed by atoms with Crippen LogP contribution in [-0.4, -0.2) is 28.7 Å². The molecule has 2 N–H and O–H groups in total. The number of rotatable bonds is 2. The molecular weight excluding hydrogens is 300 g/mol. The molecule has 0 saturated heterocycles. The Morgan fingerprint density at radius 2 is 1.83 bits per heavy atom. The fraction of sp³-hybridized carbons (Fsp3) is 0.952. The lowest BCUT2D eigenvalue weighted by molar-refractivity contribution is -0.167. The monoisotopic (exact) mass is 334 g/mol. The van der Waals surface area contributed by atoms with Gasteiger partial charge in [-0.25, -0.2) is 0 Å². The van der Waals surface area contributed by atoms with E-state index in [4.69, 9.17) is 0 Å². The number of aliphatic hydroxyl groups excluding tert-OH is 2. The summed E-state index contributed by atoms with van der Waals surface area (Å²) in [5.41, 5.74) is 0.562. The summed E-state index contributed by atoms with van der Waals surface area (Å²) in [4.78, 5) is 12.0. The zero-order valence-electron chi connectivity index (χ0n) is 15.3. The molecule has 0 aromatic rings. The smallest absolute Gasteiger partial charge is 0.133 e. The van der Waals surface area contributed by atoms with E-state index in [1.54, 1.807) is 0 Å². The Balaban J connectivity index is 1.64. The maximum absolute atomic E-state index is 12.0.